The maximum Gasteiger partial charge on any atom is 0.186 e. The lowest BCUT2D eigenvalue weighted by atomic mass is 9.81. The molecule has 0 radical (unpaired) electrons. The first kappa shape index (κ1) is 19.7. The molecule has 1 saturated heterocycles. The first-order chi connectivity index (χ1) is 11.3. The molecule has 0 aromatic heterocycles. The van der Waals surface area contributed by atoms with Crippen LogP contribution in [0.1, 0.15) is 6.92 Å². The van der Waals surface area contributed by atoms with E-state index in [0.29, 0.717) is 5.57 Å². The number of aliphatic hydroxyl groups is 6. The standard InChI is InChI=1S/C15H27NO8/c1-6-11(19)7(4-17)3-8(12(6)20)16-10-9(5-18)24-15(23-2)14(22)13(10)21/h3,6,8-22H,4-5H2,1-2H3/t6-,8?,9-,10?,11?,12-,13+,14?,15?/m1/s1. The van der Waals surface area contributed by atoms with Crippen molar-refractivity contribution in [2.75, 3.05) is 20.3 Å². The number of hydrogen-bond acceptors (Lipinski definition) is 9. The summed E-state index contributed by atoms with van der Waals surface area (Å²) in [5.41, 5.74) is 0.354. The molecule has 140 valence electrons. The first-order valence-electron chi connectivity index (χ1n) is 7.94. The van der Waals surface area contributed by atoms with Gasteiger partial charge in [-0.15, -0.1) is 0 Å². The minimum absolute atomic E-state index is 0.354. The molecule has 2 rings (SSSR count). The number of ether oxygens (including phenoxy) is 2. The number of aliphatic hydroxyl groups excluding tert-OH is 6. The van der Waals surface area contributed by atoms with Gasteiger partial charge >= 0.3 is 0 Å². The summed E-state index contributed by atoms with van der Waals surface area (Å²) in [5, 5.41) is 62.5. The Morgan fingerprint density at radius 1 is 1.12 bits per heavy atom. The second-order valence-corrected chi connectivity index (χ2v) is 6.35. The van der Waals surface area contributed by atoms with Gasteiger partial charge in [0.05, 0.1) is 37.5 Å². The fourth-order valence-corrected chi connectivity index (χ4v) is 3.28. The van der Waals surface area contributed by atoms with Crippen molar-refractivity contribution < 1.29 is 40.1 Å². The molecule has 1 fully saturated rings. The van der Waals surface area contributed by atoms with Crippen LogP contribution in [0, 0.1) is 5.92 Å². The van der Waals surface area contributed by atoms with E-state index < -0.39 is 61.4 Å². The highest BCUT2D eigenvalue weighted by atomic mass is 16.7. The fourth-order valence-electron chi connectivity index (χ4n) is 3.28. The molecule has 0 aromatic carbocycles. The molecule has 9 heteroatoms. The lowest BCUT2D eigenvalue weighted by molar-refractivity contribution is -0.273. The highest BCUT2D eigenvalue weighted by Crippen LogP contribution is 2.28. The van der Waals surface area contributed by atoms with Gasteiger partial charge in [0.15, 0.2) is 6.29 Å². The molecule has 5 unspecified atom stereocenters. The van der Waals surface area contributed by atoms with Gasteiger partial charge in [0.1, 0.15) is 18.3 Å². The van der Waals surface area contributed by atoms with Crippen LogP contribution in [0.2, 0.25) is 0 Å². The van der Waals surface area contributed by atoms with Gasteiger partial charge in [-0.1, -0.05) is 13.0 Å². The smallest absolute Gasteiger partial charge is 0.186 e. The second-order valence-electron chi connectivity index (χ2n) is 6.35. The molecule has 2 aliphatic rings. The summed E-state index contributed by atoms with van der Waals surface area (Å²) in [5.74, 6) is -0.541. The van der Waals surface area contributed by atoms with E-state index in [0.717, 1.165) is 0 Å². The Morgan fingerprint density at radius 2 is 1.79 bits per heavy atom. The minimum Gasteiger partial charge on any atom is -0.394 e. The van der Waals surface area contributed by atoms with Gasteiger partial charge in [0, 0.05) is 13.0 Å². The number of methoxy groups -OCH3 is 1. The van der Waals surface area contributed by atoms with Crippen molar-refractivity contribution in [3.8, 4) is 0 Å². The van der Waals surface area contributed by atoms with Crippen LogP contribution in [0.25, 0.3) is 0 Å². The molecular formula is C15H27NO8. The van der Waals surface area contributed by atoms with Gasteiger partial charge in [-0.2, -0.15) is 0 Å². The predicted molar refractivity (Wildman–Crippen MR) is 81.8 cm³/mol. The summed E-state index contributed by atoms with van der Waals surface area (Å²) in [4.78, 5) is 0. The molecule has 0 amide bonds. The van der Waals surface area contributed by atoms with Crippen LogP contribution in [0.4, 0.5) is 0 Å². The maximum atomic E-state index is 10.3. The van der Waals surface area contributed by atoms with Crippen LogP contribution in [-0.4, -0.2) is 99.9 Å². The predicted octanol–water partition coefficient (Wildman–Crippen LogP) is -3.31. The van der Waals surface area contributed by atoms with Crippen molar-refractivity contribution in [2.24, 2.45) is 5.92 Å². The largest absolute Gasteiger partial charge is 0.394 e. The third-order valence-electron chi connectivity index (χ3n) is 4.86. The Kier molecular flexibility index (Phi) is 6.71. The lowest BCUT2D eigenvalue weighted by Gasteiger charge is -2.45. The molecule has 9 atom stereocenters. The van der Waals surface area contributed by atoms with E-state index in [4.69, 9.17) is 9.47 Å². The fraction of sp³-hybridized carbons (Fsp3) is 0.867. The third kappa shape index (κ3) is 3.64. The van der Waals surface area contributed by atoms with Crippen LogP contribution in [0.5, 0.6) is 0 Å². The third-order valence-corrected chi connectivity index (χ3v) is 4.86. The van der Waals surface area contributed by atoms with E-state index in [1.807, 2.05) is 0 Å². The lowest BCUT2D eigenvalue weighted by Crippen LogP contribution is -2.67. The van der Waals surface area contributed by atoms with Crippen molar-refractivity contribution >= 4 is 0 Å². The van der Waals surface area contributed by atoms with Crippen LogP contribution in [0.3, 0.4) is 0 Å². The molecule has 9 nitrogen and oxygen atoms in total. The molecule has 0 bridgehead atoms. The summed E-state index contributed by atoms with van der Waals surface area (Å²) in [6.07, 6.45) is -5.04. The van der Waals surface area contributed by atoms with E-state index in [1.165, 1.54) is 13.2 Å². The van der Waals surface area contributed by atoms with Crippen LogP contribution >= 0.6 is 0 Å². The summed E-state index contributed by atoms with van der Waals surface area (Å²) in [6, 6.07) is -1.58. The van der Waals surface area contributed by atoms with Crippen molar-refractivity contribution in [2.45, 2.75) is 55.8 Å². The van der Waals surface area contributed by atoms with Gasteiger partial charge in [-0.25, -0.2) is 0 Å². The maximum absolute atomic E-state index is 10.3. The molecule has 24 heavy (non-hydrogen) atoms. The molecular weight excluding hydrogens is 322 g/mol. The van der Waals surface area contributed by atoms with Crippen LogP contribution < -0.4 is 5.32 Å². The Labute approximate surface area is 140 Å². The number of nitrogens with one attached hydrogen (secondary N) is 1. The van der Waals surface area contributed by atoms with Crippen LogP contribution in [0.15, 0.2) is 11.6 Å². The molecule has 1 aliphatic carbocycles. The Bertz CT molecular complexity index is 445. The molecule has 7 N–H and O–H groups in total. The summed E-state index contributed by atoms with van der Waals surface area (Å²) >= 11 is 0. The van der Waals surface area contributed by atoms with E-state index in [-0.39, 0.29) is 6.61 Å². The Morgan fingerprint density at radius 3 is 2.33 bits per heavy atom. The SMILES string of the molecule is COC1O[C@H](CO)C(NC2C=C(CO)C(O)[C@@H](C)[C@H]2O)[C@H](O)C1O. The average molecular weight is 349 g/mol. The van der Waals surface area contributed by atoms with Gasteiger partial charge in [0.2, 0.25) is 0 Å². The molecule has 0 aromatic rings. The second kappa shape index (κ2) is 8.17. The molecule has 0 spiro atoms. The Hall–Kier alpha value is -0.620. The van der Waals surface area contributed by atoms with E-state index in [2.05, 4.69) is 5.32 Å². The molecule has 0 saturated carbocycles. The highest BCUT2D eigenvalue weighted by molar-refractivity contribution is 5.21. The van der Waals surface area contributed by atoms with Gasteiger partial charge in [-0.05, 0) is 5.57 Å². The van der Waals surface area contributed by atoms with Crippen molar-refractivity contribution in [3.63, 3.8) is 0 Å². The van der Waals surface area contributed by atoms with Gasteiger partial charge in [0.25, 0.3) is 0 Å². The first-order valence-corrected chi connectivity index (χ1v) is 7.94. The highest BCUT2D eigenvalue weighted by Gasteiger charge is 2.46. The van der Waals surface area contributed by atoms with Crippen LogP contribution in [-0.2, 0) is 9.47 Å². The quantitative estimate of drug-likeness (QED) is 0.253. The topological polar surface area (TPSA) is 152 Å². The molecule has 1 aliphatic heterocycles. The summed E-state index contributed by atoms with van der Waals surface area (Å²) < 4.78 is 10.3. The summed E-state index contributed by atoms with van der Waals surface area (Å²) in [7, 11) is 1.31. The zero-order valence-corrected chi connectivity index (χ0v) is 13.7. The number of hydrogen-bond donors (Lipinski definition) is 7. The normalized spacial score (nSPS) is 46.7. The van der Waals surface area contributed by atoms with Crippen molar-refractivity contribution in [3.05, 3.63) is 11.6 Å². The zero-order chi connectivity index (χ0) is 18.0. The zero-order valence-electron chi connectivity index (χ0n) is 13.7. The summed E-state index contributed by atoms with van der Waals surface area (Å²) in [6.45, 7) is 0.844. The van der Waals surface area contributed by atoms with Gasteiger partial charge in [-0.3, -0.25) is 0 Å². The van der Waals surface area contributed by atoms with Gasteiger partial charge < -0.3 is 45.4 Å². The monoisotopic (exact) mass is 349 g/mol. The number of rotatable bonds is 5. The van der Waals surface area contributed by atoms with E-state index in [9.17, 15) is 30.6 Å². The van der Waals surface area contributed by atoms with E-state index in [1.54, 1.807) is 6.92 Å². The average Bonchev–Trinajstić information content (AvgIpc) is 2.59. The van der Waals surface area contributed by atoms with E-state index >= 15 is 0 Å². The minimum atomic E-state index is -1.33. The van der Waals surface area contributed by atoms with Crippen molar-refractivity contribution in [1.29, 1.82) is 0 Å². The van der Waals surface area contributed by atoms with Crippen molar-refractivity contribution in [1.82, 2.24) is 5.32 Å². The molecule has 1 heterocycles. The Balaban J connectivity index is 2.19.